The van der Waals surface area contributed by atoms with E-state index in [1.54, 1.807) is 0 Å². The van der Waals surface area contributed by atoms with Gasteiger partial charge in [0.25, 0.3) is 0 Å². The quantitative estimate of drug-likeness (QED) is 0.410. The summed E-state index contributed by atoms with van der Waals surface area (Å²) in [5, 5.41) is 0. The van der Waals surface area contributed by atoms with Crippen molar-refractivity contribution in [1.82, 2.24) is 9.97 Å². The summed E-state index contributed by atoms with van der Waals surface area (Å²) in [6.07, 6.45) is 13.8. The van der Waals surface area contributed by atoms with E-state index in [-0.39, 0.29) is 0 Å². The molecule has 0 saturated carbocycles. The van der Waals surface area contributed by atoms with Crippen LogP contribution in [0, 0.1) is 5.92 Å². The number of hydrogen-bond acceptors (Lipinski definition) is 3. The standard InChI is InChI=1S/C23H34N2O/c1-4-6-7-8-9-10-15-26-22-13-11-21(12-14-22)23-24-17-20(18-25-23)16-19(3)5-2/h11-14,17-19H,4-10,15-16H2,1-3H3. The zero-order valence-electron chi connectivity index (χ0n) is 16.7. The van der Waals surface area contributed by atoms with Gasteiger partial charge in [0.05, 0.1) is 6.61 Å². The van der Waals surface area contributed by atoms with Gasteiger partial charge in [-0.3, -0.25) is 0 Å². The van der Waals surface area contributed by atoms with E-state index in [2.05, 4.69) is 30.7 Å². The third kappa shape index (κ3) is 7.15. The maximum absolute atomic E-state index is 5.84. The molecule has 1 heterocycles. The van der Waals surface area contributed by atoms with E-state index < -0.39 is 0 Å². The van der Waals surface area contributed by atoms with Gasteiger partial charge in [0, 0.05) is 18.0 Å². The van der Waals surface area contributed by atoms with Crippen LogP contribution in [0.3, 0.4) is 0 Å². The van der Waals surface area contributed by atoms with Gasteiger partial charge in [0.1, 0.15) is 5.75 Å². The molecule has 1 atom stereocenters. The third-order valence-electron chi connectivity index (χ3n) is 4.87. The molecule has 1 aromatic heterocycles. The Morgan fingerprint density at radius 1 is 0.885 bits per heavy atom. The van der Waals surface area contributed by atoms with E-state index >= 15 is 0 Å². The van der Waals surface area contributed by atoms with Gasteiger partial charge in [0.2, 0.25) is 0 Å². The van der Waals surface area contributed by atoms with Crippen LogP contribution in [0.15, 0.2) is 36.7 Å². The molecule has 26 heavy (non-hydrogen) atoms. The molecule has 0 amide bonds. The largest absolute Gasteiger partial charge is 0.494 e. The van der Waals surface area contributed by atoms with Crippen molar-refractivity contribution in [1.29, 1.82) is 0 Å². The first-order valence-electron chi connectivity index (χ1n) is 10.3. The van der Waals surface area contributed by atoms with E-state index in [1.165, 1.54) is 44.1 Å². The van der Waals surface area contributed by atoms with Crippen LogP contribution in [0.2, 0.25) is 0 Å². The number of hydrogen-bond donors (Lipinski definition) is 0. The molecule has 0 N–H and O–H groups in total. The normalized spacial score (nSPS) is 12.1. The van der Waals surface area contributed by atoms with Crippen LogP contribution in [0.5, 0.6) is 5.75 Å². The second kappa shape index (κ2) is 11.7. The fraction of sp³-hybridized carbons (Fsp3) is 0.565. The van der Waals surface area contributed by atoms with Crippen LogP contribution < -0.4 is 4.74 Å². The minimum atomic E-state index is 0.674. The van der Waals surface area contributed by atoms with Crippen molar-refractivity contribution in [3.63, 3.8) is 0 Å². The van der Waals surface area contributed by atoms with Gasteiger partial charge in [-0.05, 0) is 48.6 Å². The minimum Gasteiger partial charge on any atom is -0.494 e. The molecule has 0 aliphatic rings. The maximum Gasteiger partial charge on any atom is 0.159 e. The number of benzene rings is 1. The lowest BCUT2D eigenvalue weighted by atomic mass is 10.0. The third-order valence-corrected chi connectivity index (χ3v) is 4.87. The molecule has 3 nitrogen and oxygen atoms in total. The summed E-state index contributed by atoms with van der Waals surface area (Å²) in [6, 6.07) is 8.12. The molecule has 0 saturated heterocycles. The lowest BCUT2D eigenvalue weighted by Crippen LogP contribution is -2.00. The number of unbranched alkanes of at least 4 members (excludes halogenated alkanes) is 5. The molecule has 0 bridgehead atoms. The van der Waals surface area contributed by atoms with E-state index in [0.29, 0.717) is 5.92 Å². The Balaban J connectivity index is 1.78. The molecule has 1 aromatic carbocycles. The van der Waals surface area contributed by atoms with E-state index in [9.17, 15) is 0 Å². The molecule has 3 heteroatoms. The van der Waals surface area contributed by atoms with Gasteiger partial charge in [-0.2, -0.15) is 0 Å². The van der Waals surface area contributed by atoms with Crippen molar-refractivity contribution in [2.24, 2.45) is 5.92 Å². The molecule has 2 rings (SSSR count). The summed E-state index contributed by atoms with van der Waals surface area (Å²) in [4.78, 5) is 9.05. The first-order valence-corrected chi connectivity index (χ1v) is 10.3. The zero-order valence-corrected chi connectivity index (χ0v) is 16.7. The summed E-state index contributed by atoms with van der Waals surface area (Å²) in [5.41, 5.74) is 2.24. The van der Waals surface area contributed by atoms with Crippen molar-refractivity contribution in [2.75, 3.05) is 6.61 Å². The SMILES string of the molecule is CCCCCCCCOc1ccc(-c2ncc(CC(C)CC)cn2)cc1. The fourth-order valence-electron chi connectivity index (χ4n) is 2.93. The van der Waals surface area contributed by atoms with Crippen molar-refractivity contribution in [2.45, 2.75) is 72.1 Å². The fourth-order valence-corrected chi connectivity index (χ4v) is 2.93. The predicted octanol–water partition coefficient (Wildman–Crippen LogP) is 6.47. The molecule has 0 aliphatic carbocycles. The Morgan fingerprint density at radius 3 is 2.19 bits per heavy atom. The van der Waals surface area contributed by atoms with Crippen LogP contribution in [0.25, 0.3) is 11.4 Å². The van der Waals surface area contributed by atoms with Crippen molar-refractivity contribution < 1.29 is 4.74 Å². The van der Waals surface area contributed by atoms with E-state index in [1.807, 2.05) is 36.7 Å². The van der Waals surface area contributed by atoms with E-state index in [0.717, 1.165) is 36.6 Å². The van der Waals surface area contributed by atoms with Gasteiger partial charge < -0.3 is 4.74 Å². The van der Waals surface area contributed by atoms with Crippen molar-refractivity contribution >= 4 is 0 Å². The highest BCUT2D eigenvalue weighted by molar-refractivity contribution is 5.55. The lowest BCUT2D eigenvalue weighted by molar-refractivity contribution is 0.304. The smallest absolute Gasteiger partial charge is 0.159 e. The van der Waals surface area contributed by atoms with Gasteiger partial charge in [-0.15, -0.1) is 0 Å². The van der Waals surface area contributed by atoms with E-state index in [4.69, 9.17) is 4.74 Å². The summed E-state index contributed by atoms with van der Waals surface area (Å²) >= 11 is 0. The highest BCUT2D eigenvalue weighted by Crippen LogP contribution is 2.20. The zero-order chi connectivity index (χ0) is 18.6. The second-order valence-electron chi connectivity index (χ2n) is 7.27. The Bertz CT molecular complexity index is 607. The first-order chi connectivity index (χ1) is 12.7. The average Bonchev–Trinajstić information content (AvgIpc) is 2.68. The maximum atomic E-state index is 5.84. The van der Waals surface area contributed by atoms with Gasteiger partial charge in [-0.25, -0.2) is 9.97 Å². The van der Waals surface area contributed by atoms with Gasteiger partial charge >= 0.3 is 0 Å². The Morgan fingerprint density at radius 2 is 1.54 bits per heavy atom. The molecule has 0 aliphatic heterocycles. The summed E-state index contributed by atoms with van der Waals surface area (Å²) in [7, 11) is 0. The lowest BCUT2D eigenvalue weighted by Gasteiger charge is -2.09. The summed E-state index contributed by atoms with van der Waals surface area (Å²) in [6.45, 7) is 7.53. The van der Waals surface area contributed by atoms with Crippen molar-refractivity contribution in [3.8, 4) is 17.1 Å². The topological polar surface area (TPSA) is 35.0 Å². The first kappa shape index (κ1) is 20.4. The highest BCUT2D eigenvalue weighted by Gasteiger charge is 2.05. The molecule has 0 spiro atoms. The number of rotatable bonds is 12. The predicted molar refractivity (Wildman–Crippen MR) is 109 cm³/mol. The minimum absolute atomic E-state index is 0.674. The van der Waals surface area contributed by atoms with Crippen LogP contribution in [-0.4, -0.2) is 16.6 Å². The summed E-state index contributed by atoms with van der Waals surface area (Å²) in [5.74, 6) is 2.38. The summed E-state index contributed by atoms with van der Waals surface area (Å²) < 4.78 is 5.84. The van der Waals surface area contributed by atoms with Crippen LogP contribution in [0.1, 0.15) is 71.3 Å². The Kier molecular flexibility index (Phi) is 9.16. The van der Waals surface area contributed by atoms with Gasteiger partial charge in [-0.1, -0.05) is 59.3 Å². The average molecular weight is 355 g/mol. The van der Waals surface area contributed by atoms with Crippen LogP contribution in [-0.2, 0) is 6.42 Å². The Hall–Kier alpha value is -1.90. The molecular weight excluding hydrogens is 320 g/mol. The highest BCUT2D eigenvalue weighted by atomic mass is 16.5. The van der Waals surface area contributed by atoms with Crippen LogP contribution in [0.4, 0.5) is 0 Å². The molecule has 0 radical (unpaired) electrons. The van der Waals surface area contributed by atoms with Crippen LogP contribution >= 0.6 is 0 Å². The molecule has 0 fully saturated rings. The van der Waals surface area contributed by atoms with Gasteiger partial charge in [0.15, 0.2) is 5.82 Å². The molecule has 2 aromatic rings. The van der Waals surface area contributed by atoms with Crippen molar-refractivity contribution in [3.05, 3.63) is 42.2 Å². The Labute approximate surface area is 159 Å². The molecule has 1 unspecified atom stereocenters. The number of nitrogens with zero attached hydrogens (tertiary/aromatic N) is 2. The number of aromatic nitrogens is 2. The molecule has 142 valence electrons. The number of ether oxygens (including phenoxy) is 1. The monoisotopic (exact) mass is 354 g/mol. The second-order valence-corrected chi connectivity index (χ2v) is 7.27. The molecular formula is C23H34N2O.